The van der Waals surface area contributed by atoms with Gasteiger partial charge in [-0.25, -0.2) is 8.42 Å². The van der Waals surface area contributed by atoms with E-state index in [1.165, 1.54) is 0 Å². The van der Waals surface area contributed by atoms with Gasteiger partial charge in [-0.1, -0.05) is 19.1 Å². The molecule has 4 nitrogen and oxygen atoms in total. The van der Waals surface area contributed by atoms with Gasteiger partial charge in [0.05, 0.1) is 5.75 Å². The lowest BCUT2D eigenvalue weighted by Crippen LogP contribution is -2.15. The Morgan fingerprint density at radius 3 is 2.76 bits per heavy atom. The van der Waals surface area contributed by atoms with Gasteiger partial charge in [0, 0.05) is 5.75 Å². The highest BCUT2D eigenvalue weighted by molar-refractivity contribution is 7.91. The van der Waals surface area contributed by atoms with Crippen molar-refractivity contribution in [2.75, 3.05) is 24.7 Å². The van der Waals surface area contributed by atoms with Crippen molar-refractivity contribution in [2.45, 2.75) is 13.3 Å². The molecule has 5 heteroatoms. The summed E-state index contributed by atoms with van der Waals surface area (Å²) in [4.78, 5) is 0. The quantitative estimate of drug-likeness (QED) is 0.791. The lowest BCUT2D eigenvalue weighted by Gasteiger charge is -2.07. The van der Waals surface area contributed by atoms with Gasteiger partial charge in [-0.3, -0.25) is 0 Å². The van der Waals surface area contributed by atoms with Gasteiger partial charge in [-0.05, 0) is 30.7 Å². The molecule has 1 aromatic carbocycles. The second-order valence-electron chi connectivity index (χ2n) is 3.77. The zero-order valence-electron chi connectivity index (χ0n) is 10.1. The summed E-state index contributed by atoms with van der Waals surface area (Å²) in [5.74, 6) is 0.913. The summed E-state index contributed by atoms with van der Waals surface area (Å²) in [6.45, 7) is 2.42. The molecular weight excluding hydrogens is 238 g/mol. The molecule has 1 aromatic rings. The van der Waals surface area contributed by atoms with Crippen LogP contribution < -0.4 is 10.5 Å². The summed E-state index contributed by atoms with van der Waals surface area (Å²) in [6, 6.07) is 7.57. The summed E-state index contributed by atoms with van der Waals surface area (Å²) < 4.78 is 27.9. The van der Waals surface area contributed by atoms with Crippen LogP contribution in [-0.4, -0.2) is 33.1 Å². The average molecular weight is 257 g/mol. The van der Waals surface area contributed by atoms with Crippen molar-refractivity contribution in [3.05, 3.63) is 29.8 Å². The Kier molecular flexibility index (Phi) is 5.44. The van der Waals surface area contributed by atoms with Crippen LogP contribution in [0.25, 0.3) is 0 Å². The first kappa shape index (κ1) is 14.0. The Morgan fingerprint density at radius 1 is 1.35 bits per heavy atom. The molecule has 96 valence electrons. The molecule has 0 aliphatic carbocycles. The number of nitrogens with two attached hydrogens (primary N) is 1. The summed E-state index contributed by atoms with van der Waals surface area (Å²) in [6.07, 6.45) is 0.796. The van der Waals surface area contributed by atoms with Crippen LogP contribution >= 0.6 is 0 Å². The Labute approximate surface area is 103 Å². The highest BCUT2D eigenvalue weighted by Gasteiger charge is 2.07. The summed E-state index contributed by atoms with van der Waals surface area (Å²) in [7, 11) is -2.95. The third kappa shape index (κ3) is 5.19. The van der Waals surface area contributed by atoms with Crippen molar-refractivity contribution in [3.8, 4) is 5.75 Å². The van der Waals surface area contributed by atoms with Gasteiger partial charge in [0.15, 0.2) is 9.84 Å². The fourth-order valence-electron chi connectivity index (χ4n) is 1.39. The molecule has 0 saturated heterocycles. The molecule has 0 amide bonds. The number of rotatable bonds is 7. The molecule has 0 spiro atoms. The number of sulfone groups is 1. The third-order valence-corrected chi connectivity index (χ3v) is 4.10. The predicted octanol–water partition coefficient (Wildman–Crippen LogP) is 1.00. The zero-order valence-corrected chi connectivity index (χ0v) is 10.9. The van der Waals surface area contributed by atoms with Crippen LogP contribution in [0.15, 0.2) is 24.3 Å². The molecule has 0 fully saturated rings. The van der Waals surface area contributed by atoms with E-state index >= 15 is 0 Å². The van der Waals surface area contributed by atoms with Crippen LogP contribution in [0.3, 0.4) is 0 Å². The van der Waals surface area contributed by atoms with Crippen LogP contribution in [0, 0.1) is 0 Å². The van der Waals surface area contributed by atoms with Gasteiger partial charge < -0.3 is 10.5 Å². The van der Waals surface area contributed by atoms with E-state index in [9.17, 15) is 8.42 Å². The number of ether oxygens (including phenoxy) is 1. The summed E-state index contributed by atoms with van der Waals surface area (Å²) in [5, 5.41) is 0. The molecule has 0 heterocycles. The maximum Gasteiger partial charge on any atom is 0.153 e. The standard InChI is InChI=1S/C12H19NO3S/c1-2-17(14,15)9-8-16-12-5-3-4-11(10-12)6-7-13/h3-5,10H,2,6-9,13H2,1H3. The summed E-state index contributed by atoms with van der Waals surface area (Å²) in [5.41, 5.74) is 6.57. The lowest BCUT2D eigenvalue weighted by molar-refractivity contribution is 0.340. The minimum atomic E-state index is -2.95. The van der Waals surface area contributed by atoms with Crippen molar-refractivity contribution >= 4 is 9.84 Å². The van der Waals surface area contributed by atoms with Crippen LogP contribution in [0.4, 0.5) is 0 Å². The van der Waals surface area contributed by atoms with Gasteiger partial charge in [0.25, 0.3) is 0 Å². The van der Waals surface area contributed by atoms with Crippen LogP contribution in [-0.2, 0) is 16.3 Å². The minimum absolute atomic E-state index is 0.0601. The van der Waals surface area contributed by atoms with Crippen molar-refractivity contribution in [1.29, 1.82) is 0 Å². The van der Waals surface area contributed by atoms with E-state index in [1.807, 2.05) is 24.3 Å². The molecule has 0 saturated carbocycles. The number of benzene rings is 1. The first-order valence-electron chi connectivity index (χ1n) is 5.69. The Morgan fingerprint density at radius 2 is 2.12 bits per heavy atom. The van der Waals surface area contributed by atoms with Gasteiger partial charge in [0.1, 0.15) is 12.4 Å². The van der Waals surface area contributed by atoms with E-state index in [0.717, 1.165) is 12.0 Å². The van der Waals surface area contributed by atoms with E-state index in [4.69, 9.17) is 10.5 Å². The van der Waals surface area contributed by atoms with E-state index in [0.29, 0.717) is 12.3 Å². The second-order valence-corrected chi connectivity index (χ2v) is 6.24. The fraction of sp³-hybridized carbons (Fsp3) is 0.500. The molecule has 1 rings (SSSR count). The minimum Gasteiger partial charge on any atom is -0.493 e. The predicted molar refractivity (Wildman–Crippen MR) is 69.0 cm³/mol. The molecule has 0 aliphatic heterocycles. The van der Waals surface area contributed by atoms with Crippen molar-refractivity contribution in [2.24, 2.45) is 5.73 Å². The van der Waals surface area contributed by atoms with Crippen LogP contribution in [0.1, 0.15) is 12.5 Å². The van der Waals surface area contributed by atoms with E-state index in [-0.39, 0.29) is 18.1 Å². The molecular formula is C12H19NO3S. The second kappa shape index (κ2) is 6.61. The van der Waals surface area contributed by atoms with E-state index < -0.39 is 9.84 Å². The molecule has 0 aromatic heterocycles. The largest absolute Gasteiger partial charge is 0.493 e. The maximum atomic E-state index is 11.3. The number of hydrogen-bond acceptors (Lipinski definition) is 4. The molecule has 0 bridgehead atoms. The Bertz CT molecular complexity index is 443. The average Bonchev–Trinajstić information content (AvgIpc) is 2.30. The van der Waals surface area contributed by atoms with Crippen LogP contribution in [0.5, 0.6) is 5.75 Å². The van der Waals surface area contributed by atoms with Gasteiger partial charge in [-0.15, -0.1) is 0 Å². The molecule has 0 aliphatic rings. The maximum absolute atomic E-state index is 11.3. The van der Waals surface area contributed by atoms with Crippen molar-refractivity contribution in [3.63, 3.8) is 0 Å². The SMILES string of the molecule is CCS(=O)(=O)CCOc1cccc(CCN)c1. The zero-order chi connectivity index (χ0) is 12.7. The lowest BCUT2D eigenvalue weighted by atomic mass is 10.1. The molecule has 0 atom stereocenters. The first-order valence-corrected chi connectivity index (χ1v) is 7.52. The molecule has 0 radical (unpaired) electrons. The molecule has 17 heavy (non-hydrogen) atoms. The molecule has 0 unspecified atom stereocenters. The first-order chi connectivity index (χ1) is 8.07. The van der Waals surface area contributed by atoms with Crippen LogP contribution in [0.2, 0.25) is 0 Å². The highest BCUT2D eigenvalue weighted by atomic mass is 32.2. The molecule has 2 N–H and O–H groups in total. The van der Waals surface area contributed by atoms with E-state index in [2.05, 4.69) is 0 Å². The Balaban J connectivity index is 2.49. The van der Waals surface area contributed by atoms with E-state index in [1.54, 1.807) is 6.92 Å². The van der Waals surface area contributed by atoms with Crippen molar-refractivity contribution in [1.82, 2.24) is 0 Å². The summed E-state index contributed by atoms with van der Waals surface area (Å²) >= 11 is 0. The normalized spacial score (nSPS) is 11.4. The Hall–Kier alpha value is -1.07. The fourth-order valence-corrected chi connectivity index (χ4v) is 2.01. The monoisotopic (exact) mass is 257 g/mol. The van der Waals surface area contributed by atoms with Gasteiger partial charge in [0.2, 0.25) is 0 Å². The number of hydrogen-bond donors (Lipinski definition) is 1. The third-order valence-electron chi connectivity index (χ3n) is 2.43. The smallest absolute Gasteiger partial charge is 0.153 e. The topological polar surface area (TPSA) is 69.4 Å². The van der Waals surface area contributed by atoms with Gasteiger partial charge >= 0.3 is 0 Å². The van der Waals surface area contributed by atoms with Gasteiger partial charge in [-0.2, -0.15) is 0 Å². The highest BCUT2D eigenvalue weighted by Crippen LogP contribution is 2.13. The van der Waals surface area contributed by atoms with Crippen molar-refractivity contribution < 1.29 is 13.2 Å².